The van der Waals surface area contributed by atoms with E-state index in [1.54, 1.807) is 0 Å². The molecule has 1 aliphatic rings. The maximum absolute atomic E-state index is 5.57. The van der Waals surface area contributed by atoms with E-state index in [0.29, 0.717) is 12.1 Å². The average Bonchev–Trinajstić information content (AvgIpc) is 2.40. The van der Waals surface area contributed by atoms with Gasteiger partial charge in [-0.25, -0.2) is 0 Å². The highest BCUT2D eigenvalue weighted by atomic mass is 16.5. The molecule has 1 fully saturated rings. The standard InChI is InChI=1S/C16H25NO2/c1-3-9-19-15-7-5-13(6-8-15)12-17-14-10-16(11-14)18-4-2/h5-8,14,16-17H,3-4,9-12H2,1-2H3. The van der Waals surface area contributed by atoms with Crippen LogP contribution < -0.4 is 10.1 Å². The third kappa shape index (κ3) is 4.51. The van der Waals surface area contributed by atoms with Crippen molar-refractivity contribution in [2.75, 3.05) is 13.2 Å². The molecule has 0 heterocycles. The highest BCUT2D eigenvalue weighted by Crippen LogP contribution is 2.23. The van der Waals surface area contributed by atoms with E-state index >= 15 is 0 Å². The molecule has 3 heteroatoms. The third-order valence-corrected chi connectivity index (χ3v) is 3.49. The Morgan fingerprint density at radius 3 is 2.53 bits per heavy atom. The largest absolute Gasteiger partial charge is 0.494 e. The summed E-state index contributed by atoms with van der Waals surface area (Å²) in [7, 11) is 0. The third-order valence-electron chi connectivity index (χ3n) is 3.49. The molecule has 3 nitrogen and oxygen atoms in total. The predicted molar refractivity (Wildman–Crippen MR) is 77.5 cm³/mol. The van der Waals surface area contributed by atoms with Gasteiger partial charge in [-0.3, -0.25) is 0 Å². The summed E-state index contributed by atoms with van der Waals surface area (Å²) in [6, 6.07) is 8.99. The Balaban J connectivity index is 1.66. The maximum atomic E-state index is 5.57. The lowest BCUT2D eigenvalue weighted by molar-refractivity contribution is -0.0102. The summed E-state index contributed by atoms with van der Waals surface area (Å²) in [5, 5.41) is 3.57. The quantitative estimate of drug-likeness (QED) is 0.781. The fourth-order valence-corrected chi connectivity index (χ4v) is 2.29. The summed E-state index contributed by atoms with van der Waals surface area (Å²) < 4.78 is 11.1. The van der Waals surface area contributed by atoms with Crippen LogP contribution in [0.4, 0.5) is 0 Å². The van der Waals surface area contributed by atoms with Gasteiger partial charge in [0.25, 0.3) is 0 Å². The number of hydrogen-bond acceptors (Lipinski definition) is 3. The highest BCUT2D eigenvalue weighted by Gasteiger charge is 2.28. The molecule has 0 spiro atoms. The van der Waals surface area contributed by atoms with E-state index in [1.165, 1.54) is 5.56 Å². The maximum Gasteiger partial charge on any atom is 0.119 e. The monoisotopic (exact) mass is 263 g/mol. The second-order valence-electron chi connectivity index (χ2n) is 5.12. The molecule has 106 valence electrons. The van der Waals surface area contributed by atoms with Crippen LogP contribution in [0.3, 0.4) is 0 Å². The molecule has 0 bridgehead atoms. The number of ether oxygens (including phenoxy) is 2. The molecule has 0 aromatic heterocycles. The Morgan fingerprint density at radius 2 is 1.89 bits per heavy atom. The Labute approximate surface area is 116 Å². The van der Waals surface area contributed by atoms with Gasteiger partial charge in [0.15, 0.2) is 0 Å². The van der Waals surface area contributed by atoms with E-state index < -0.39 is 0 Å². The Bertz CT molecular complexity index is 358. The normalized spacial score (nSPS) is 22.0. The molecule has 19 heavy (non-hydrogen) atoms. The van der Waals surface area contributed by atoms with Crippen molar-refractivity contribution in [2.24, 2.45) is 0 Å². The van der Waals surface area contributed by atoms with Gasteiger partial charge in [-0.2, -0.15) is 0 Å². The minimum Gasteiger partial charge on any atom is -0.494 e. The van der Waals surface area contributed by atoms with Crippen LogP contribution in [0, 0.1) is 0 Å². The first-order chi connectivity index (χ1) is 9.31. The molecule has 2 rings (SSSR count). The average molecular weight is 263 g/mol. The summed E-state index contributed by atoms with van der Waals surface area (Å²) in [4.78, 5) is 0. The fraction of sp³-hybridized carbons (Fsp3) is 0.625. The lowest BCUT2D eigenvalue weighted by Gasteiger charge is -2.35. The van der Waals surface area contributed by atoms with Gasteiger partial charge in [-0.15, -0.1) is 0 Å². The topological polar surface area (TPSA) is 30.5 Å². The van der Waals surface area contributed by atoms with Crippen molar-refractivity contribution in [3.8, 4) is 5.75 Å². The van der Waals surface area contributed by atoms with Crippen LogP contribution in [-0.2, 0) is 11.3 Å². The first-order valence-electron chi connectivity index (χ1n) is 7.38. The zero-order chi connectivity index (χ0) is 13.5. The van der Waals surface area contributed by atoms with Gasteiger partial charge < -0.3 is 14.8 Å². The van der Waals surface area contributed by atoms with Crippen molar-refractivity contribution in [3.63, 3.8) is 0 Å². The van der Waals surface area contributed by atoms with E-state index in [1.807, 2.05) is 0 Å². The molecule has 0 unspecified atom stereocenters. The van der Waals surface area contributed by atoms with E-state index in [-0.39, 0.29) is 0 Å². The summed E-state index contributed by atoms with van der Waals surface area (Å²) in [6.45, 7) is 6.72. The van der Waals surface area contributed by atoms with Crippen LogP contribution >= 0.6 is 0 Å². The zero-order valence-electron chi connectivity index (χ0n) is 12.0. The Morgan fingerprint density at radius 1 is 1.16 bits per heavy atom. The van der Waals surface area contributed by atoms with Gasteiger partial charge in [0.1, 0.15) is 5.75 Å². The van der Waals surface area contributed by atoms with Gasteiger partial charge in [-0.05, 0) is 43.9 Å². The molecule has 0 aliphatic heterocycles. The van der Waals surface area contributed by atoms with Gasteiger partial charge >= 0.3 is 0 Å². The van der Waals surface area contributed by atoms with Crippen LogP contribution in [0.15, 0.2) is 24.3 Å². The van der Waals surface area contributed by atoms with Crippen LogP contribution in [0.5, 0.6) is 5.75 Å². The second kappa shape index (κ2) is 7.51. The molecule has 1 aromatic carbocycles. The fourth-order valence-electron chi connectivity index (χ4n) is 2.29. The Kier molecular flexibility index (Phi) is 5.67. The molecular weight excluding hydrogens is 238 g/mol. The number of nitrogens with one attached hydrogen (secondary N) is 1. The second-order valence-corrected chi connectivity index (χ2v) is 5.12. The first-order valence-corrected chi connectivity index (χ1v) is 7.38. The molecule has 0 atom stereocenters. The molecule has 0 saturated heterocycles. The van der Waals surface area contributed by atoms with Crippen molar-refractivity contribution < 1.29 is 9.47 Å². The van der Waals surface area contributed by atoms with Gasteiger partial charge in [-0.1, -0.05) is 19.1 Å². The Hall–Kier alpha value is -1.06. The van der Waals surface area contributed by atoms with E-state index in [2.05, 4.69) is 43.4 Å². The lowest BCUT2D eigenvalue weighted by Crippen LogP contribution is -2.45. The van der Waals surface area contributed by atoms with Gasteiger partial charge in [0.2, 0.25) is 0 Å². The molecule has 0 amide bonds. The van der Waals surface area contributed by atoms with E-state index in [9.17, 15) is 0 Å². The minimum atomic E-state index is 0.479. The SMILES string of the molecule is CCCOc1ccc(CNC2CC(OCC)C2)cc1. The minimum absolute atomic E-state index is 0.479. The molecule has 1 N–H and O–H groups in total. The van der Waals surface area contributed by atoms with Gasteiger partial charge in [0, 0.05) is 19.2 Å². The van der Waals surface area contributed by atoms with E-state index in [0.717, 1.165) is 44.8 Å². The molecule has 1 aromatic rings. The van der Waals surface area contributed by atoms with Crippen LogP contribution in [-0.4, -0.2) is 25.4 Å². The number of rotatable bonds is 8. The summed E-state index contributed by atoms with van der Waals surface area (Å²) in [5.74, 6) is 0.964. The van der Waals surface area contributed by atoms with Crippen LogP contribution in [0.2, 0.25) is 0 Å². The lowest BCUT2D eigenvalue weighted by atomic mass is 9.89. The molecule has 1 aliphatic carbocycles. The van der Waals surface area contributed by atoms with Crippen molar-refractivity contribution in [1.29, 1.82) is 0 Å². The van der Waals surface area contributed by atoms with Crippen molar-refractivity contribution >= 4 is 0 Å². The van der Waals surface area contributed by atoms with Crippen molar-refractivity contribution in [1.82, 2.24) is 5.32 Å². The smallest absolute Gasteiger partial charge is 0.119 e. The number of hydrogen-bond donors (Lipinski definition) is 1. The van der Waals surface area contributed by atoms with Crippen LogP contribution in [0.25, 0.3) is 0 Å². The summed E-state index contributed by atoms with van der Waals surface area (Å²) in [6.07, 6.45) is 3.82. The molecule has 1 saturated carbocycles. The zero-order valence-corrected chi connectivity index (χ0v) is 12.0. The predicted octanol–water partition coefficient (Wildman–Crippen LogP) is 3.13. The molecular formula is C16H25NO2. The summed E-state index contributed by atoms with van der Waals surface area (Å²) >= 11 is 0. The van der Waals surface area contributed by atoms with Crippen molar-refractivity contribution in [2.45, 2.75) is 51.8 Å². The van der Waals surface area contributed by atoms with Crippen molar-refractivity contribution in [3.05, 3.63) is 29.8 Å². The van der Waals surface area contributed by atoms with Gasteiger partial charge in [0.05, 0.1) is 12.7 Å². The summed E-state index contributed by atoms with van der Waals surface area (Å²) in [5.41, 5.74) is 1.31. The first kappa shape index (κ1) is 14.4. The number of benzene rings is 1. The van der Waals surface area contributed by atoms with E-state index in [4.69, 9.17) is 9.47 Å². The molecule has 0 radical (unpaired) electrons. The highest BCUT2D eigenvalue weighted by molar-refractivity contribution is 5.27. The van der Waals surface area contributed by atoms with Crippen LogP contribution in [0.1, 0.15) is 38.7 Å².